The van der Waals surface area contributed by atoms with Crippen LogP contribution in [0.4, 0.5) is 0 Å². The van der Waals surface area contributed by atoms with E-state index in [1.807, 2.05) is 0 Å². The van der Waals surface area contributed by atoms with E-state index in [1.165, 1.54) is 11.1 Å². The average molecular weight is 264 g/mol. The first-order chi connectivity index (χ1) is 8.99. The molecule has 0 aliphatic rings. The summed E-state index contributed by atoms with van der Waals surface area (Å²) in [6, 6.07) is 7.38. The highest BCUT2D eigenvalue weighted by atomic mass is 16.5. The van der Waals surface area contributed by atoms with Crippen LogP contribution in [-0.2, 0) is 6.54 Å². The fourth-order valence-electron chi connectivity index (χ4n) is 2.07. The van der Waals surface area contributed by atoms with Crippen LogP contribution in [0.5, 0.6) is 5.75 Å². The summed E-state index contributed by atoms with van der Waals surface area (Å²) in [6.07, 6.45) is 0. The Labute approximate surface area is 118 Å². The quantitative estimate of drug-likeness (QED) is 0.818. The maximum atomic E-state index is 5.47. The van der Waals surface area contributed by atoms with Crippen molar-refractivity contribution < 1.29 is 4.74 Å². The zero-order valence-electron chi connectivity index (χ0n) is 13.2. The van der Waals surface area contributed by atoms with Gasteiger partial charge in [0.05, 0.1) is 7.11 Å². The SMILES string of the molecule is CCNC(C)c1ccc(OC)c(CN(C)C(C)C)c1. The molecule has 0 saturated heterocycles. The Kier molecular flexibility index (Phi) is 6.32. The van der Waals surface area contributed by atoms with E-state index in [2.05, 4.69) is 63.2 Å². The van der Waals surface area contributed by atoms with Gasteiger partial charge in [-0.2, -0.15) is 0 Å². The number of hydrogen-bond donors (Lipinski definition) is 1. The van der Waals surface area contributed by atoms with E-state index in [-0.39, 0.29) is 0 Å². The van der Waals surface area contributed by atoms with Gasteiger partial charge in [-0.1, -0.05) is 13.0 Å². The smallest absolute Gasteiger partial charge is 0.123 e. The molecule has 1 atom stereocenters. The van der Waals surface area contributed by atoms with Crippen LogP contribution in [0.15, 0.2) is 18.2 Å². The molecule has 0 fully saturated rings. The van der Waals surface area contributed by atoms with Crippen LogP contribution in [0.25, 0.3) is 0 Å². The van der Waals surface area contributed by atoms with Crippen molar-refractivity contribution in [3.05, 3.63) is 29.3 Å². The summed E-state index contributed by atoms with van der Waals surface area (Å²) < 4.78 is 5.47. The van der Waals surface area contributed by atoms with Gasteiger partial charge in [0.1, 0.15) is 5.75 Å². The van der Waals surface area contributed by atoms with E-state index in [4.69, 9.17) is 4.74 Å². The molecule has 3 nitrogen and oxygen atoms in total. The first-order valence-electron chi connectivity index (χ1n) is 7.10. The summed E-state index contributed by atoms with van der Waals surface area (Å²) in [4.78, 5) is 2.32. The normalized spacial score (nSPS) is 13.1. The third-order valence-electron chi connectivity index (χ3n) is 3.62. The number of hydrogen-bond acceptors (Lipinski definition) is 3. The second kappa shape index (κ2) is 7.51. The maximum Gasteiger partial charge on any atom is 0.123 e. The highest BCUT2D eigenvalue weighted by molar-refractivity contribution is 5.38. The van der Waals surface area contributed by atoms with E-state index in [9.17, 15) is 0 Å². The largest absolute Gasteiger partial charge is 0.496 e. The lowest BCUT2D eigenvalue weighted by atomic mass is 10.0. The molecule has 1 N–H and O–H groups in total. The van der Waals surface area contributed by atoms with Gasteiger partial charge in [0.2, 0.25) is 0 Å². The Balaban J connectivity index is 2.95. The van der Waals surface area contributed by atoms with E-state index < -0.39 is 0 Å². The molecule has 1 unspecified atom stereocenters. The minimum Gasteiger partial charge on any atom is -0.496 e. The number of ether oxygens (including phenoxy) is 1. The van der Waals surface area contributed by atoms with Crippen molar-refractivity contribution in [1.82, 2.24) is 10.2 Å². The number of methoxy groups -OCH3 is 1. The first kappa shape index (κ1) is 16.0. The molecule has 0 radical (unpaired) electrons. The second-order valence-corrected chi connectivity index (χ2v) is 5.36. The molecule has 0 aliphatic heterocycles. The van der Waals surface area contributed by atoms with Gasteiger partial charge in [-0.25, -0.2) is 0 Å². The number of nitrogens with one attached hydrogen (secondary N) is 1. The second-order valence-electron chi connectivity index (χ2n) is 5.36. The van der Waals surface area contributed by atoms with Crippen LogP contribution in [0, 0.1) is 0 Å². The van der Waals surface area contributed by atoms with Crippen molar-refractivity contribution in [2.24, 2.45) is 0 Å². The predicted molar refractivity (Wildman–Crippen MR) is 81.7 cm³/mol. The third-order valence-corrected chi connectivity index (χ3v) is 3.62. The summed E-state index contributed by atoms with van der Waals surface area (Å²) >= 11 is 0. The third kappa shape index (κ3) is 4.51. The van der Waals surface area contributed by atoms with Gasteiger partial charge in [-0.3, -0.25) is 4.90 Å². The van der Waals surface area contributed by atoms with Crippen molar-refractivity contribution in [2.45, 2.75) is 46.3 Å². The zero-order valence-corrected chi connectivity index (χ0v) is 13.2. The number of benzene rings is 1. The molecule has 0 aromatic heterocycles. The highest BCUT2D eigenvalue weighted by Crippen LogP contribution is 2.24. The van der Waals surface area contributed by atoms with E-state index >= 15 is 0 Å². The van der Waals surface area contributed by atoms with Crippen LogP contribution in [-0.4, -0.2) is 31.6 Å². The molecule has 0 amide bonds. The fourth-order valence-corrected chi connectivity index (χ4v) is 2.07. The van der Waals surface area contributed by atoms with Crippen molar-refractivity contribution in [3.63, 3.8) is 0 Å². The van der Waals surface area contributed by atoms with Crippen molar-refractivity contribution >= 4 is 0 Å². The molecule has 0 bridgehead atoms. The highest BCUT2D eigenvalue weighted by Gasteiger charge is 2.12. The molecule has 3 heteroatoms. The van der Waals surface area contributed by atoms with Gasteiger partial charge in [0.15, 0.2) is 0 Å². The van der Waals surface area contributed by atoms with E-state index in [1.54, 1.807) is 7.11 Å². The molecule has 0 saturated carbocycles. The lowest BCUT2D eigenvalue weighted by Gasteiger charge is -2.23. The van der Waals surface area contributed by atoms with E-state index in [0.717, 1.165) is 18.8 Å². The Morgan fingerprint density at radius 1 is 1.26 bits per heavy atom. The van der Waals surface area contributed by atoms with E-state index in [0.29, 0.717) is 12.1 Å². The van der Waals surface area contributed by atoms with Crippen LogP contribution in [0.2, 0.25) is 0 Å². The van der Waals surface area contributed by atoms with Crippen LogP contribution < -0.4 is 10.1 Å². The molecule has 108 valence electrons. The summed E-state index contributed by atoms with van der Waals surface area (Å²) in [6.45, 7) is 10.6. The van der Waals surface area contributed by atoms with Gasteiger partial charge >= 0.3 is 0 Å². The van der Waals surface area contributed by atoms with Crippen molar-refractivity contribution in [1.29, 1.82) is 0 Å². The standard InChI is InChI=1S/C16H28N2O/c1-7-17-13(4)14-8-9-16(19-6)15(10-14)11-18(5)12(2)3/h8-10,12-13,17H,7,11H2,1-6H3. The molecule has 1 aromatic rings. The van der Waals surface area contributed by atoms with Crippen molar-refractivity contribution in [3.8, 4) is 5.75 Å². The van der Waals surface area contributed by atoms with Gasteiger partial charge in [-0.05, 0) is 52.1 Å². The number of nitrogens with zero attached hydrogens (tertiary/aromatic N) is 1. The van der Waals surface area contributed by atoms with Gasteiger partial charge < -0.3 is 10.1 Å². The predicted octanol–water partition coefficient (Wildman–Crippen LogP) is 3.21. The number of rotatable bonds is 7. The Morgan fingerprint density at radius 2 is 1.95 bits per heavy atom. The van der Waals surface area contributed by atoms with Crippen LogP contribution in [0.3, 0.4) is 0 Å². The molecule has 0 spiro atoms. The Bertz CT molecular complexity index is 390. The fraction of sp³-hybridized carbons (Fsp3) is 0.625. The molecular formula is C16H28N2O. The average Bonchev–Trinajstić information content (AvgIpc) is 2.38. The Morgan fingerprint density at radius 3 is 2.47 bits per heavy atom. The lowest BCUT2D eigenvalue weighted by molar-refractivity contribution is 0.261. The summed E-state index contributed by atoms with van der Waals surface area (Å²) in [5.41, 5.74) is 2.57. The molecule has 1 aromatic carbocycles. The summed E-state index contributed by atoms with van der Waals surface area (Å²) in [5, 5.41) is 3.45. The topological polar surface area (TPSA) is 24.5 Å². The Hall–Kier alpha value is -1.06. The summed E-state index contributed by atoms with van der Waals surface area (Å²) in [5.74, 6) is 0.972. The molecular weight excluding hydrogens is 236 g/mol. The molecule has 1 rings (SSSR count). The zero-order chi connectivity index (χ0) is 14.4. The molecule has 0 heterocycles. The minimum absolute atomic E-state index is 0.374. The van der Waals surface area contributed by atoms with Crippen LogP contribution >= 0.6 is 0 Å². The van der Waals surface area contributed by atoms with Crippen molar-refractivity contribution in [2.75, 3.05) is 20.7 Å². The molecule has 19 heavy (non-hydrogen) atoms. The molecule has 0 aliphatic carbocycles. The maximum absolute atomic E-state index is 5.47. The monoisotopic (exact) mass is 264 g/mol. The first-order valence-corrected chi connectivity index (χ1v) is 7.10. The summed E-state index contributed by atoms with van der Waals surface area (Å²) in [7, 11) is 3.88. The van der Waals surface area contributed by atoms with Gasteiger partial charge in [0, 0.05) is 24.2 Å². The van der Waals surface area contributed by atoms with Gasteiger partial charge in [-0.15, -0.1) is 0 Å². The lowest BCUT2D eigenvalue weighted by Crippen LogP contribution is -2.26. The van der Waals surface area contributed by atoms with Crippen LogP contribution in [0.1, 0.15) is 44.9 Å². The van der Waals surface area contributed by atoms with Gasteiger partial charge in [0.25, 0.3) is 0 Å². The minimum atomic E-state index is 0.374.